The van der Waals surface area contributed by atoms with Crippen LogP contribution in [0.2, 0.25) is 0 Å². The maximum absolute atomic E-state index is 11.7. The predicted molar refractivity (Wildman–Crippen MR) is 76.4 cm³/mol. The monoisotopic (exact) mass is 269 g/mol. The van der Waals surface area contributed by atoms with E-state index in [0.717, 1.165) is 16.3 Å². The Balaban J connectivity index is 1.90. The first-order chi connectivity index (χ1) is 9.65. The van der Waals surface area contributed by atoms with Crippen molar-refractivity contribution in [1.82, 2.24) is 14.3 Å². The number of nitrogens with zero attached hydrogens (tertiary/aromatic N) is 3. The second-order valence-corrected chi connectivity index (χ2v) is 4.83. The first kappa shape index (κ1) is 12.6. The van der Waals surface area contributed by atoms with Crippen molar-refractivity contribution in [3.63, 3.8) is 0 Å². The highest BCUT2D eigenvalue weighted by molar-refractivity contribution is 5.83. The van der Waals surface area contributed by atoms with E-state index in [1.54, 1.807) is 7.05 Å². The molecule has 1 aromatic heterocycles. The highest BCUT2D eigenvalue weighted by Crippen LogP contribution is 2.21. The summed E-state index contributed by atoms with van der Waals surface area (Å²) < 4.78 is 2.65. The van der Waals surface area contributed by atoms with Crippen molar-refractivity contribution in [3.05, 3.63) is 64.8 Å². The van der Waals surface area contributed by atoms with Crippen LogP contribution in [0, 0.1) is 0 Å². The molecule has 5 nitrogen and oxygen atoms in total. The van der Waals surface area contributed by atoms with Gasteiger partial charge in [-0.3, -0.25) is 4.57 Å². The minimum atomic E-state index is -0.757. The zero-order valence-electron chi connectivity index (χ0n) is 11.1. The molecular formula is C15H15N3O2. The Bertz CT molecular complexity index is 804. The number of fused-ring (bicyclic) bond motifs is 1. The van der Waals surface area contributed by atoms with E-state index in [1.165, 1.54) is 15.6 Å². The van der Waals surface area contributed by atoms with Crippen LogP contribution in [-0.2, 0) is 13.6 Å². The molecule has 1 heterocycles. The molecule has 102 valence electrons. The maximum Gasteiger partial charge on any atom is 0.345 e. The van der Waals surface area contributed by atoms with Crippen LogP contribution in [0.3, 0.4) is 0 Å². The van der Waals surface area contributed by atoms with E-state index in [0.29, 0.717) is 0 Å². The third kappa shape index (κ3) is 2.23. The summed E-state index contributed by atoms with van der Waals surface area (Å²) in [6.45, 7) is 0.151. The quantitative estimate of drug-likeness (QED) is 0.783. The Morgan fingerprint density at radius 1 is 1.20 bits per heavy atom. The van der Waals surface area contributed by atoms with Gasteiger partial charge in [-0.15, -0.1) is 0 Å². The molecule has 20 heavy (non-hydrogen) atoms. The second kappa shape index (κ2) is 4.94. The molecule has 1 unspecified atom stereocenters. The van der Waals surface area contributed by atoms with Crippen LogP contribution in [-0.4, -0.2) is 19.5 Å². The molecule has 0 saturated carbocycles. The number of aromatic nitrogens is 3. The van der Waals surface area contributed by atoms with E-state index in [1.807, 2.05) is 42.5 Å². The lowest BCUT2D eigenvalue weighted by molar-refractivity contribution is 0.150. The van der Waals surface area contributed by atoms with Crippen molar-refractivity contribution in [3.8, 4) is 0 Å². The molecule has 5 heteroatoms. The third-order valence-electron chi connectivity index (χ3n) is 3.39. The lowest BCUT2D eigenvalue weighted by Crippen LogP contribution is -2.25. The number of benzene rings is 2. The standard InChI is InChI=1S/C15H15N3O2/c1-17-10-16-18(15(17)20)9-14(19)13-7-6-11-4-2-3-5-12(11)8-13/h2-8,10,14,19H,9H2,1H3. The highest BCUT2D eigenvalue weighted by Gasteiger charge is 2.12. The van der Waals surface area contributed by atoms with E-state index in [4.69, 9.17) is 0 Å². The fourth-order valence-corrected chi connectivity index (χ4v) is 2.23. The summed E-state index contributed by atoms with van der Waals surface area (Å²) in [5, 5.41) is 16.4. The lowest BCUT2D eigenvalue weighted by atomic mass is 10.0. The van der Waals surface area contributed by atoms with Crippen molar-refractivity contribution in [2.75, 3.05) is 0 Å². The van der Waals surface area contributed by atoms with E-state index in [-0.39, 0.29) is 12.2 Å². The molecule has 3 rings (SSSR count). The minimum Gasteiger partial charge on any atom is -0.386 e. The SMILES string of the molecule is Cn1cnn(CC(O)c2ccc3ccccc3c2)c1=O. The smallest absolute Gasteiger partial charge is 0.345 e. The van der Waals surface area contributed by atoms with Crippen LogP contribution >= 0.6 is 0 Å². The average Bonchev–Trinajstić information content (AvgIpc) is 2.78. The number of aliphatic hydroxyl groups excluding tert-OH is 1. The fourth-order valence-electron chi connectivity index (χ4n) is 2.23. The van der Waals surface area contributed by atoms with Gasteiger partial charge in [0.2, 0.25) is 0 Å². The predicted octanol–water partition coefficient (Wildman–Crippen LogP) is 1.47. The number of aliphatic hydroxyl groups is 1. The molecule has 0 radical (unpaired) electrons. The van der Waals surface area contributed by atoms with Gasteiger partial charge in [-0.1, -0.05) is 36.4 Å². The largest absolute Gasteiger partial charge is 0.386 e. The van der Waals surface area contributed by atoms with Crippen molar-refractivity contribution in [1.29, 1.82) is 0 Å². The fraction of sp³-hybridized carbons (Fsp3) is 0.200. The first-order valence-corrected chi connectivity index (χ1v) is 6.40. The number of hydrogen-bond acceptors (Lipinski definition) is 3. The van der Waals surface area contributed by atoms with Crippen molar-refractivity contribution >= 4 is 10.8 Å². The first-order valence-electron chi connectivity index (χ1n) is 6.40. The summed E-state index contributed by atoms with van der Waals surface area (Å²) in [6.07, 6.45) is 0.683. The molecule has 1 N–H and O–H groups in total. The molecule has 0 spiro atoms. The Morgan fingerprint density at radius 2 is 1.95 bits per heavy atom. The topological polar surface area (TPSA) is 60.1 Å². The van der Waals surface area contributed by atoms with E-state index >= 15 is 0 Å². The Labute approximate surface area is 115 Å². The Morgan fingerprint density at radius 3 is 2.65 bits per heavy atom. The van der Waals surface area contributed by atoms with E-state index in [9.17, 15) is 9.90 Å². The van der Waals surface area contributed by atoms with Crippen LogP contribution in [0.25, 0.3) is 10.8 Å². The second-order valence-electron chi connectivity index (χ2n) is 4.83. The van der Waals surface area contributed by atoms with Crippen LogP contribution < -0.4 is 5.69 Å². The van der Waals surface area contributed by atoms with E-state index < -0.39 is 6.10 Å². The summed E-state index contributed by atoms with van der Waals surface area (Å²) in [5.74, 6) is 0. The van der Waals surface area contributed by atoms with Crippen molar-refractivity contribution < 1.29 is 5.11 Å². The molecule has 0 fully saturated rings. The zero-order valence-corrected chi connectivity index (χ0v) is 11.1. The van der Waals surface area contributed by atoms with E-state index in [2.05, 4.69) is 5.10 Å². The summed E-state index contributed by atoms with van der Waals surface area (Å²) in [7, 11) is 1.63. The third-order valence-corrected chi connectivity index (χ3v) is 3.39. The van der Waals surface area contributed by atoms with Crippen LogP contribution in [0.5, 0.6) is 0 Å². The van der Waals surface area contributed by atoms with Crippen molar-refractivity contribution in [2.24, 2.45) is 7.05 Å². The van der Waals surface area contributed by atoms with Gasteiger partial charge in [0.1, 0.15) is 6.33 Å². The van der Waals surface area contributed by atoms with Gasteiger partial charge < -0.3 is 5.11 Å². The van der Waals surface area contributed by atoms with Gasteiger partial charge in [0.05, 0.1) is 12.6 Å². The van der Waals surface area contributed by atoms with Gasteiger partial charge in [-0.05, 0) is 22.4 Å². The number of aryl methyl sites for hydroxylation is 1. The van der Waals surface area contributed by atoms with Gasteiger partial charge in [-0.2, -0.15) is 5.10 Å². The van der Waals surface area contributed by atoms with Crippen LogP contribution in [0.1, 0.15) is 11.7 Å². The average molecular weight is 269 g/mol. The molecule has 0 aliphatic rings. The number of hydrogen-bond donors (Lipinski definition) is 1. The molecule has 0 saturated heterocycles. The lowest BCUT2D eigenvalue weighted by Gasteiger charge is -2.11. The maximum atomic E-state index is 11.7. The molecular weight excluding hydrogens is 254 g/mol. The van der Waals surface area contributed by atoms with Gasteiger partial charge in [-0.25, -0.2) is 9.48 Å². The number of rotatable bonds is 3. The molecule has 3 aromatic rings. The molecule has 0 amide bonds. The summed E-state index contributed by atoms with van der Waals surface area (Å²) in [6, 6.07) is 13.7. The summed E-state index contributed by atoms with van der Waals surface area (Å²) in [4.78, 5) is 11.7. The van der Waals surface area contributed by atoms with Crippen LogP contribution in [0.4, 0.5) is 0 Å². The Kier molecular flexibility index (Phi) is 3.12. The molecule has 0 bridgehead atoms. The summed E-state index contributed by atoms with van der Waals surface area (Å²) in [5.41, 5.74) is 0.547. The van der Waals surface area contributed by atoms with Gasteiger partial charge in [0.15, 0.2) is 0 Å². The molecule has 0 aliphatic heterocycles. The molecule has 2 aromatic carbocycles. The van der Waals surface area contributed by atoms with Gasteiger partial charge in [0.25, 0.3) is 0 Å². The molecule has 1 atom stereocenters. The van der Waals surface area contributed by atoms with Crippen molar-refractivity contribution in [2.45, 2.75) is 12.6 Å². The van der Waals surface area contributed by atoms with Gasteiger partial charge >= 0.3 is 5.69 Å². The molecule has 0 aliphatic carbocycles. The summed E-state index contributed by atoms with van der Waals surface area (Å²) >= 11 is 0. The van der Waals surface area contributed by atoms with Gasteiger partial charge in [0, 0.05) is 7.05 Å². The minimum absolute atomic E-state index is 0.151. The normalized spacial score (nSPS) is 12.7. The zero-order chi connectivity index (χ0) is 14.1. The highest BCUT2D eigenvalue weighted by atomic mass is 16.3. The Hall–Kier alpha value is -2.40. The van der Waals surface area contributed by atoms with Crippen LogP contribution in [0.15, 0.2) is 53.6 Å².